The van der Waals surface area contributed by atoms with Gasteiger partial charge in [0.15, 0.2) is 0 Å². The van der Waals surface area contributed by atoms with Crippen molar-refractivity contribution in [2.24, 2.45) is 0 Å². The van der Waals surface area contributed by atoms with Crippen LogP contribution in [0.2, 0.25) is 0 Å². The number of benzene rings is 2. The molecule has 0 spiro atoms. The van der Waals surface area contributed by atoms with Gasteiger partial charge in [0.25, 0.3) is 0 Å². The van der Waals surface area contributed by atoms with Gasteiger partial charge in [0, 0.05) is 16.2 Å². The van der Waals surface area contributed by atoms with Gasteiger partial charge < -0.3 is 5.32 Å². The van der Waals surface area contributed by atoms with E-state index < -0.39 is 0 Å². The molecule has 0 heterocycles. The number of halogens is 1. The monoisotopic (exact) mass is 343 g/mol. The number of hydrogen-bond donors (Lipinski definition) is 1. The Morgan fingerprint density at radius 1 is 1.24 bits per heavy atom. The van der Waals surface area contributed by atoms with Crippen LogP contribution in [0.25, 0.3) is 6.08 Å². The van der Waals surface area contributed by atoms with Crippen LogP contribution in [0.15, 0.2) is 53.0 Å². The minimum atomic E-state index is -0.112. The molecule has 2 aromatic carbocycles. The molecule has 2 aromatic rings. The molecule has 1 N–H and O–H groups in total. The van der Waals surface area contributed by atoms with Crippen molar-refractivity contribution in [3.05, 3.63) is 69.7 Å². The average molecular weight is 344 g/mol. The summed E-state index contributed by atoms with van der Waals surface area (Å²) in [6.45, 7) is 4.09. The summed E-state index contributed by atoms with van der Waals surface area (Å²) in [5, 5.41) is 2.98. The van der Waals surface area contributed by atoms with E-state index in [0.717, 1.165) is 33.3 Å². The Kier molecular flexibility index (Phi) is 5.34. The first-order valence-electron chi connectivity index (χ1n) is 6.93. The first-order valence-corrected chi connectivity index (χ1v) is 7.72. The van der Waals surface area contributed by atoms with Crippen LogP contribution in [0.5, 0.6) is 0 Å². The van der Waals surface area contributed by atoms with Gasteiger partial charge in [-0.2, -0.15) is 0 Å². The summed E-state index contributed by atoms with van der Waals surface area (Å²) in [6, 6.07) is 13.9. The lowest BCUT2D eigenvalue weighted by molar-refractivity contribution is -0.111. The number of rotatable bonds is 4. The number of amides is 1. The number of carbonyl (C=O) groups excluding carboxylic acids is 1. The fourth-order valence-electron chi connectivity index (χ4n) is 2.15. The Morgan fingerprint density at radius 3 is 2.71 bits per heavy atom. The molecule has 0 radical (unpaired) electrons. The minimum Gasteiger partial charge on any atom is -0.322 e. The second kappa shape index (κ2) is 7.23. The molecule has 0 bridgehead atoms. The van der Waals surface area contributed by atoms with E-state index in [0.29, 0.717) is 0 Å². The number of nitrogens with one attached hydrogen (secondary N) is 1. The fourth-order valence-corrected chi connectivity index (χ4v) is 2.57. The number of aryl methyl sites for hydroxylation is 2. The Hall–Kier alpha value is -1.87. The predicted molar refractivity (Wildman–Crippen MR) is 92.4 cm³/mol. The van der Waals surface area contributed by atoms with Crippen LogP contribution < -0.4 is 5.32 Å². The lowest BCUT2D eigenvalue weighted by Gasteiger charge is -2.11. The topological polar surface area (TPSA) is 29.1 Å². The van der Waals surface area contributed by atoms with Crippen molar-refractivity contribution in [3.63, 3.8) is 0 Å². The van der Waals surface area contributed by atoms with Crippen LogP contribution in [-0.4, -0.2) is 5.91 Å². The Balaban J connectivity index is 2.12. The first kappa shape index (κ1) is 15.5. The van der Waals surface area contributed by atoms with Crippen molar-refractivity contribution in [1.29, 1.82) is 0 Å². The third kappa shape index (κ3) is 4.30. The van der Waals surface area contributed by atoms with E-state index in [1.165, 1.54) is 0 Å². The maximum absolute atomic E-state index is 12.1. The summed E-state index contributed by atoms with van der Waals surface area (Å²) < 4.78 is 0.997. The Bertz CT molecular complexity index is 677. The van der Waals surface area contributed by atoms with Crippen molar-refractivity contribution < 1.29 is 4.79 Å². The van der Waals surface area contributed by atoms with Crippen molar-refractivity contribution >= 4 is 33.6 Å². The number of para-hydroxylation sites is 1. The molecule has 0 saturated carbocycles. The molecule has 0 aromatic heterocycles. The fraction of sp³-hybridized carbons (Fsp3) is 0.167. The number of anilines is 1. The molecule has 21 heavy (non-hydrogen) atoms. The SMILES string of the molecule is CCc1cccc(C)c1NC(=O)C=Cc1cccc(Br)c1. The lowest BCUT2D eigenvalue weighted by Crippen LogP contribution is -2.11. The van der Waals surface area contributed by atoms with Gasteiger partial charge in [0.2, 0.25) is 5.91 Å². The molecule has 108 valence electrons. The zero-order valence-electron chi connectivity index (χ0n) is 12.2. The van der Waals surface area contributed by atoms with Gasteiger partial charge in [-0.1, -0.05) is 53.2 Å². The highest BCUT2D eigenvalue weighted by molar-refractivity contribution is 9.10. The average Bonchev–Trinajstić information content (AvgIpc) is 2.47. The van der Waals surface area contributed by atoms with Crippen LogP contribution >= 0.6 is 15.9 Å². The largest absolute Gasteiger partial charge is 0.322 e. The summed E-state index contributed by atoms with van der Waals surface area (Å²) in [6.07, 6.45) is 4.27. The Labute approximate surface area is 134 Å². The van der Waals surface area contributed by atoms with Gasteiger partial charge in [-0.15, -0.1) is 0 Å². The lowest BCUT2D eigenvalue weighted by atomic mass is 10.1. The van der Waals surface area contributed by atoms with Crippen LogP contribution in [0, 0.1) is 6.92 Å². The van der Waals surface area contributed by atoms with E-state index in [2.05, 4.69) is 28.2 Å². The van der Waals surface area contributed by atoms with Gasteiger partial charge in [-0.3, -0.25) is 4.79 Å². The highest BCUT2D eigenvalue weighted by Gasteiger charge is 2.06. The maximum Gasteiger partial charge on any atom is 0.248 e. The second-order valence-electron chi connectivity index (χ2n) is 4.84. The highest BCUT2D eigenvalue weighted by Crippen LogP contribution is 2.21. The summed E-state index contributed by atoms with van der Waals surface area (Å²) in [7, 11) is 0. The molecule has 1 amide bonds. The summed E-state index contributed by atoms with van der Waals surface area (Å²) in [5.41, 5.74) is 4.14. The predicted octanol–water partition coefficient (Wildman–Crippen LogP) is 4.97. The molecule has 2 nitrogen and oxygen atoms in total. The molecular weight excluding hydrogens is 326 g/mol. The van der Waals surface area contributed by atoms with E-state index in [4.69, 9.17) is 0 Å². The maximum atomic E-state index is 12.1. The summed E-state index contributed by atoms with van der Waals surface area (Å²) >= 11 is 3.42. The summed E-state index contributed by atoms with van der Waals surface area (Å²) in [4.78, 5) is 12.1. The van der Waals surface area contributed by atoms with E-state index in [9.17, 15) is 4.79 Å². The Morgan fingerprint density at radius 2 is 2.00 bits per heavy atom. The third-order valence-electron chi connectivity index (χ3n) is 3.26. The molecule has 0 aliphatic carbocycles. The summed E-state index contributed by atoms with van der Waals surface area (Å²) in [5.74, 6) is -0.112. The van der Waals surface area contributed by atoms with E-state index in [-0.39, 0.29) is 5.91 Å². The van der Waals surface area contributed by atoms with Crippen LogP contribution in [0.3, 0.4) is 0 Å². The number of hydrogen-bond acceptors (Lipinski definition) is 1. The molecule has 2 rings (SSSR count). The first-order chi connectivity index (χ1) is 10.1. The van der Waals surface area contributed by atoms with Gasteiger partial charge >= 0.3 is 0 Å². The van der Waals surface area contributed by atoms with E-state index in [1.54, 1.807) is 6.08 Å². The van der Waals surface area contributed by atoms with E-state index >= 15 is 0 Å². The normalized spacial score (nSPS) is 10.8. The van der Waals surface area contributed by atoms with Crippen molar-refractivity contribution in [3.8, 4) is 0 Å². The smallest absolute Gasteiger partial charge is 0.248 e. The van der Waals surface area contributed by atoms with Gasteiger partial charge in [-0.25, -0.2) is 0 Å². The molecule has 0 saturated heterocycles. The quantitative estimate of drug-likeness (QED) is 0.780. The number of carbonyl (C=O) groups is 1. The van der Waals surface area contributed by atoms with Crippen LogP contribution in [0.1, 0.15) is 23.6 Å². The van der Waals surface area contributed by atoms with Crippen molar-refractivity contribution in [2.75, 3.05) is 5.32 Å². The second-order valence-corrected chi connectivity index (χ2v) is 5.76. The molecule has 0 fully saturated rings. The highest BCUT2D eigenvalue weighted by atomic mass is 79.9. The minimum absolute atomic E-state index is 0.112. The van der Waals surface area contributed by atoms with E-state index in [1.807, 2.05) is 55.5 Å². The van der Waals surface area contributed by atoms with Crippen molar-refractivity contribution in [1.82, 2.24) is 0 Å². The molecule has 0 unspecified atom stereocenters. The molecule has 0 aliphatic rings. The third-order valence-corrected chi connectivity index (χ3v) is 3.76. The molecule has 0 atom stereocenters. The van der Waals surface area contributed by atoms with Crippen LogP contribution in [-0.2, 0) is 11.2 Å². The van der Waals surface area contributed by atoms with Crippen LogP contribution in [0.4, 0.5) is 5.69 Å². The molecular formula is C18H18BrNO. The van der Waals surface area contributed by atoms with Crippen molar-refractivity contribution in [2.45, 2.75) is 20.3 Å². The van der Waals surface area contributed by atoms with Gasteiger partial charge in [0.05, 0.1) is 0 Å². The standard InChI is InChI=1S/C18H18BrNO/c1-3-15-8-4-6-13(2)18(15)20-17(21)11-10-14-7-5-9-16(19)12-14/h4-12H,3H2,1-2H3,(H,20,21). The molecule has 3 heteroatoms. The van der Waals surface area contributed by atoms with Gasteiger partial charge in [-0.05, 0) is 48.2 Å². The van der Waals surface area contributed by atoms with Gasteiger partial charge in [0.1, 0.15) is 0 Å². The molecule has 0 aliphatic heterocycles. The zero-order chi connectivity index (χ0) is 15.2. The zero-order valence-corrected chi connectivity index (χ0v) is 13.8.